The SMILES string of the molecule is CNC(=O)O[C](C)C. The van der Waals surface area contributed by atoms with Gasteiger partial charge < -0.3 is 10.1 Å². The summed E-state index contributed by atoms with van der Waals surface area (Å²) in [5.41, 5.74) is 0. The lowest BCUT2D eigenvalue weighted by Gasteiger charge is -2.03. The molecule has 0 saturated carbocycles. The molecule has 0 unspecified atom stereocenters. The highest BCUT2D eigenvalue weighted by atomic mass is 16.6. The largest absolute Gasteiger partial charge is 0.439 e. The average Bonchev–Trinajstić information content (AvgIpc) is 1.65. The number of carbonyl (C=O) groups excluding carboxylic acids is 1. The van der Waals surface area contributed by atoms with E-state index < -0.39 is 6.09 Å². The van der Waals surface area contributed by atoms with Crippen LogP contribution in [0.25, 0.3) is 0 Å². The lowest BCUT2D eigenvalue weighted by molar-refractivity contribution is 0.158. The van der Waals surface area contributed by atoms with Crippen molar-refractivity contribution in [3.8, 4) is 0 Å². The molecule has 0 aromatic rings. The molecule has 0 aliphatic rings. The Morgan fingerprint density at radius 3 is 2.12 bits per heavy atom. The van der Waals surface area contributed by atoms with E-state index in [9.17, 15) is 4.79 Å². The fraction of sp³-hybridized carbons (Fsp3) is 0.600. The molecule has 0 aromatic heterocycles. The molecule has 1 radical (unpaired) electrons. The summed E-state index contributed by atoms with van der Waals surface area (Å²) in [6.45, 7) is 3.44. The molecule has 8 heavy (non-hydrogen) atoms. The number of hydrogen-bond acceptors (Lipinski definition) is 2. The van der Waals surface area contributed by atoms with Crippen molar-refractivity contribution in [3.05, 3.63) is 6.10 Å². The molecular weight excluding hydrogens is 106 g/mol. The van der Waals surface area contributed by atoms with Crippen LogP contribution < -0.4 is 5.32 Å². The van der Waals surface area contributed by atoms with E-state index in [-0.39, 0.29) is 0 Å². The average molecular weight is 116 g/mol. The van der Waals surface area contributed by atoms with Gasteiger partial charge in [0.05, 0.1) is 0 Å². The highest BCUT2D eigenvalue weighted by Gasteiger charge is 1.99. The topological polar surface area (TPSA) is 38.3 Å². The third-order valence-electron chi connectivity index (χ3n) is 0.501. The van der Waals surface area contributed by atoms with E-state index in [2.05, 4.69) is 10.1 Å². The van der Waals surface area contributed by atoms with Crippen LogP contribution in [0, 0.1) is 6.10 Å². The van der Waals surface area contributed by atoms with Gasteiger partial charge in [-0.05, 0) is 13.8 Å². The molecule has 0 saturated heterocycles. The number of hydrogen-bond donors (Lipinski definition) is 1. The van der Waals surface area contributed by atoms with Crippen molar-refractivity contribution in [1.82, 2.24) is 5.32 Å². The molecule has 3 heteroatoms. The Hall–Kier alpha value is -0.730. The quantitative estimate of drug-likeness (QED) is 0.553. The predicted molar refractivity (Wildman–Crippen MR) is 30.1 cm³/mol. The van der Waals surface area contributed by atoms with Gasteiger partial charge in [0.15, 0.2) is 0 Å². The fourth-order valence-electron chi connectivity index (χ4n) is 0.236. The molecule has 0 heterocycles. The molecule has 0 bridgehead atoms. The standard InChI is InChI=1S/C5H10NO2/c1-4(2)8-5(7)6-3/h1-3H3,(H,6,7). The minimum absolute atomic E-state index is 0.412. The zero-order valence-electron chi connectivity index (χ0n) is 5.32. The highest BCUT2D eigenvalue weighted by molar-refractivity contribution is 5.67. The van der Waals surface area contributed by atoms with E-state index in [1.165, 1.54) is 7.05 Å². The first-order chi connectivity index (χ1) is 3.66. The fourth-order valence-corrected chi connectivity index (χ4v) is 0.236. The van der Waals surface area contributed by atoms with Gasteiger partial charge in [0, 0.05) is 7.05 Å². The second-order valence-corrected chi connectivity index (χ2v) is 1.55. The van der Waals surface area contributed by atoms with Crippen molar-refractivity contribution in [2.75, 3.05) is 7.05 Å². The zero-order chi connectivity index (χ0) is 6.57. The van der Waals surface area contributed by atoms with Crippen LogP contribution in [0.1, 0.15) is 13.8 Å². The minimum atomic E-state index is -0.412. The molecule has 0 aromatic carbocycles. The van der Waals surface area contributed by atoms with Gasteiger partial charge in [0.25, 0.3) is 0 Å². The molecule has 0 spiro atoms. The van der Waals surface area contributed by atoms with Crippen molar-refractivity contribution in [1.29, 1.82) is 0 Å². The molecule has 0 aliphatic carbocycles. The predicted octanol–water partition coefficient (Wildman–Crippen LogP) is 0.914. The van der Waals surface area contributed by atoms with Crippen LogP contribution in [-0.2, 0) is 4.74 Å². The monoisotopic (exact) mass is 116 g/mol. The van der Waals surface area contributed by atoms with Crippen molar-refractivity contribution in [2.24, 2.45) is 0 Å². The summed E-state index contributed by atoms with van der Waals surface area (Å²) in [6.07, 6.45) is 0.231. The van der Waals surface area contributed by atoms with E-state index in [0.717, 1.165) is 0 Å². The smallest absolute Gasteiger partial charge is 0.407 e. The van der Waals surface area contributed by atoms with Gasteiger partial charge in [0.1, 0.15) is 6.10 Å². The third-order valence-corrected chi connectivity index (χ3v) is 0.501. The van der Waals surface area contributed by atoms with Crippen molar-refractivity contribution in [2.45, 2.75) is 13.8 Å². The lowest BCUT2D eigenvalue weighted by Crippen LogP contribution is -2.19. The number of ether oxygens (including phenoxy) is 1. The normalized spacial score (nSPS) is 9.00. The Bertz CT molecular complexity index is 80.5. The van der Waals surface area contributed by atoms with Crippen molar-refractivity contribution in [3.63, 3.8) is 0 Å². The molecule has 3 nitrogen and oxygen atoms in total. The molecule has 0 rings (SSSR count). The Labute approximate surface area is 49.0 Å². The maximum Gasteiger partial charge on any atom is 0.407 e. The van der Waals surface area contributed by atoms with Gasteiger partial charge >= 0.3 is 6.09 Å². The first-order valence-electron chi connectivity index (χ1n) is 2.36. The van der Waals surface area contributed by atoms with E-state index in [1.54, 1.807) is 13.8 Å². The van der Waals surface area contributed by atoms with E-state index in [4.69, 9.17) is 0 Å². The lowest BCUT2D eigenvalue weighted by atomic mass is 10.5. The highest BCUT2D eigenvalue weighted by Crippen LogP contribution is 1.95. The van der Waals surface area contributed by atoms with Crippen molar-refractivity contribution < 1.29 is 9.53 Å². The van der Waals surface area contributed by atoms with Gasteiger partial charge in [-0.15, -0.1) is 0 Å². The van der Waals surface area contributed by atoms with Crippen LogP contribution in [0.3, 0.4) is 0 Å². The third kappa shape index (κ3) is 3.46. The van der Waals surface area contributed by atoms with Crippen LogP contribution >= 0.6 is 0 Å². The second kappa shape index (κ2) is 3.29. The first kappa shape index (κ1) is 7.27. The number of rotatable bonds is 1. The summed E-state index contributed by atoms with van der Waals surface area (Å²) in [5.74, 6) is 0. The first-order valence-corrected chi connectivity index (χ1v) is 2.36. The number of alkyl carbamates (subject to hydrolysis) is 1. The summed E-state index contributed by atoms with van der Waals surface area (Å²) >= 11 is 0. The molecule has 0 fully saturated rings. The van der Waals surface area contributed by atoms with Crippen LogP contribution in [0.5, 0.6) is 0 Å². The van der Waals surface area contributed by atoms with Crippen LogP contribution in [0.15, 0.2) is 0 Å². The summed E-state index contributed by atoms with van der Waals surface area (Å²) in [7, 11) is 1.52. The van der Waals surface area contributed by atoms with Crippen LogP contribution in [0.2, 0.25) is 0 Å². The molecular formula is C5H10NO2. The van der Waals surface area contributed by atoms with Gasteiger partial charge in [-0.3, -0.25) is 0 Å². The summed E-state index contributed by atoms with van der Waals surface area (Å²) in [6, 6.07) is 0. The van der Waals surface area contributed by atoms with Gasteiger partial charge in [-0.25, -0.2) is 4.79 Å². The molecule has 0 atom stereocenters. The molecule has 1 amide bonds. The second-order valence-electron chi connectivity index (χ2n) is 1.55. The summed E-state index contributed by atoms with van der Waals surface area (Å²) in [5, 5.41) is 2.31. The van der Waals surface area contributed by atoms with Gasteiger partial charge in [0.2, 0.25) is 0 Å². The zero-order valence-corrected chi connectivity index (χ0v) is 5.32. The van der Waals surface area contributed by atoms with Gasteiger partial charge in [-0.2, -0.15) is 0 Å². The Morgan fingerprint density at radius 1 is 1.50 bits per heavy atom. The minimum Gasteiger partial charge on any atom is -0.439 e. The van der Waals surface area contributed by atoms with E-state index >= 15 is 0 Å². The summed E-state index contributed by atoms with van der Waals surface area (Å²) < 4.78 is 4.57. The Balaban J connectivity index is 3.25. The van der Waals surface area contributed by atoms with E-state index in [0.29, 0.717) is 6.10 Å². The number of nitrogens with one attached hydrogen (secondary N) is 1. The molecule has 47 valence electrons. The molecule has 1 N–H and O–H groups in total. The van der Waals surface area contributed by atoms with Gasteiger partial charge in [-0.1, -0.05) is 0 Å². The Morgan fingerprint density at radius 2 is 2.00 bits per heavy atom. The number of amides is 1. The maximum absolute atomic E-state index is 10.3. The van der Waals surface area contributed by atoms with Crippen LogP contribution in [0.4, 0.5) is 4.79 Å². The van der Waals surface area contributed by atoms with E-state index in [1.807, 2.05) is 0 Å². The molecule has 0 aliphatic heterocycles. The summed E-state index contributed by atoms with van der Waals surface area (Å²) in [4.78, 5) is 10.3. The van der Waals surface area contributed by atoms with Crippen LogP contribution in [-0.4, -0.2) is 13.1 Å². The maximum atomic E-state index is 10.3. The number of carbonyl (C=O) groups is 1. The van der Waals surface area contributed by atoms with Crippen molar-refractivity contribution >= 4 is 6.09 Å². The Kier molecular flexibility index (Phi) is 2.99.